The van der Waals surface area contributed by atoms with Gasteiger partial charge in [-0.3, -0.25) is 4.79 Å². The predicted octanol–water partition coefficient (Wildman–Crippen LogP) is 0.705. The molecule has 0 radical (unpaired) electrons. The van der Waals surface area contributed by atoms with Gasteiger partial charge in [-0.2, -0.15) is 0 Å². The van der Waals surface area contributed by atoms with Gasteiger partial charge in [0.25, 0.3) is 0 Å². The minimum Gasteiger partial charge on any atom is -0.480 e. The Morgan fingerprint density at radius 3 is 2.64 bits per heavy atom. The Labute approximate surface area is 66.8 Å². The van der Waals surface area contributed by atoms with Gasteiger partial charge in [-0.25, -0.2) is 0 Å². The molecule has 2 atom stereocenters. The van der Waals surface area contributed by atoms with Crippen LogP contribution in [0.15, 0.2) is 0 Å². The molecule has 11 heavy (non-hydrogen) atoms. The smallest absolute Gasteiger partial charge is 0.320 e. The fraction of sp³-hybridized carbons (Fsp3) is 0.875. The number of nitrogens with one attached hydrogen (secondary N) is 1. The van der Waals surface area contributed by atoms with Crippen LogP contribution in [0, 0.1) is 11.8 Å². The van der Waals surface area contributed by atoms with E-state index < -0.39 is 5.97 Å². The lowest BCUT2D eigenvalue weighted by molar-refractivity contribution is -0.140. The van der Waals surface area contributed by atoms with Gasteiger partial charge in [-0.15, -0.1) is 0 Å². The zero-order valence-electron chi connectivity index (χ0n) is 7.00. The second-order valence-electron chi connectivity index (χ2n) is 3.47. The third-order valence-corrected chi connectivity index (χ3v) is 2.39. The first-order valence-electron chi connectivity index (χ1n) is 4.09. The van der Waals surface area contributed by atoms with Crippen molar-refractivity contribution in [1.29, 1.82) is 0 Å². The Morgan fingerprint density at radius 1 is 1.64 bits per heavy atom. The van der Waals surface area contributed by atoms with E-state index in [2.05, 4.69) is 19.2 Å². The summed E-state index contributed by atoms with van der Waals surface area (Å²) in [5.41, 5.74) is 0. The molecule has 3 nitrogen and oxygen atoms in total. The third-order valence-electron chi connectivity index (χ3n) is 2.39. The highest BCUT2D eigenvalue weighted by Crippen LogP contribution is 2.23. The van der Waals surface area contributed by atoms with Gasteiger partial charge in [-0.1, -0.05) is 13.8 Å². The van der Waals surface area contributed by atoms with E-state index in [9.17, 15) is 4.79 Å². The van der Waals surface area contributed by atoms with Crippen LogP contribution in [0.2, 0.25) is 0 Å². The lowest BCUT2D eigenvalue weighted by Crippen LogP contribution is -2.37. The zero-order chi connectivity index (χ0) is 8.43. The summed E-state index contributed by atoms with van der Waals surface area (Å²) in [6.45, 7) is 5.00. The summed E-state index contributed by atoms with van der Waals surface area (Å²) < 4.78 is 0. The Hall–Kier alpha value is -0.570. The van der Waals surface area contributed by atoms with E-state index in [4.69, 9.17) is 5.11 Å². The maximum Gasteiger partial charge on any atom is 0.320 e. The summed E-state index contributed by atoms with van der Waals surface area (Å²) >= 11 is 0. The van der Waals surface area contributed by atoms with Crippen molar-refractivity contribution in [1.82, 2.24) is 5.32 Å². The van der Waals surface area contributed by atoms with Crippen LogP contribution in [-0.2, 0) is 4.79 Å². The van der Waals surface area contributed by atoms with Crippen molar-refractivity contribution in [3.05, 3.63) is 0 Å². The Kier molecular flexibility index (Phi) is 2.49. The molecule has 1 aliphatic rings. The molecule has 1 heterocycles. The molecule has 3 heteroatoms. The minimum absolute atomic E-state index is 0.310. The number of rotatable bonds is 2. The molecule has 1 fully saturated rings. The normalized spacial score (nSPS) is 31.2. The molecular weight excluding hydrogens is 142 g/mol. The highest BCUT2D eigenvalue weighted by Gasteiger charge is 2.33. The van der Waals surface area contributed by atoms with Crippen LogP contribution in [0.4, 0.5) is 0 Å². The van der Waals surface area contributed by atoms with E-state index in [0.717, 1.165) is 13.0 Å². The quantitative estimate of drug-likeness (QED) is 0.620. The lowest BCUT2D eigenvalue weighted by Gasteiger charge is -2.18. The first-order valence-corrected chi connectivity index (χ1v) is 4.09. The Bertz CT molecular complexity index is 156. The summed E-state index contributed by atoms with van der Waals surface area (Å²) in [4.78, 5) is 10.7. The van der Waals surface area contributed by atoms with Crippen LogP contribution >= 0.6 is 0 Å². The molecule has 0 aromatic heterocycles. The Balaban J connectivity index is 2.58. The van der Waals surface area contributed by atoms with Crippen LogP contribution in [0.25, 0.3) is 0 Å². The molecule has 0 bridgehead atoms. The standard InChI is InChI=1S/C8H15NO2/c1-5(2)6-3-4-9-7(6)8(10)11/h5-7,9H,3-4H2,1-2H3,(H,10,11)/t6-,7+/m0/s1. The molecule has 1 aliphatic heterocycles. The third kappa shape index (κ3) is 1.71. The van der Waals surface area contributed by atoms with Gasteiger partial charge >= 0.3 is 5.97 Å². The van der Waals surface area contributed by atoms with Gasteiger partial charge in [0.05, 0.1) is 0 Å². The first-order chi connectivity index (χ1) is 5.13. The van der Waals surface area contributed by atoms with Gasteiger partial charge in [0, 0.05) is 0 Å². The summed E-state index contributed by atoms with van der Waals surface area (Å²) in [6, 6.07) is -0.310. The minimum atomic E-state index is -0.707. The van der Waals surface area contributed by atoms with Gasteiger partial charge in [-0.05, 0) is 24.8 Å². The molecule has 0 aromatic carbocycles. The number of carboxylic acids is 1. The SMILES string of the molecule is CC(C)[C@@H]1CCN[C@H]1C(=O)O. The summed E-state index contributed by atoms with van der Waals surface area (Å²) in [5.74, 6) is 0.0693. The summed E-state index contributed by atoms with van der Waals surface area (Å²) in [6.07, 6.45) is 0.995. The van der Waals surface area contributed by atoms with Gasteiger partial charge in [0.1, 0.15) is 6.04 Å². The van der Waals surface area contributed by atoms with Crippen LogP contribution in [0.1, 0.15) is 20.3 Å². The Morgan fingerprint density at radius 2 is 2.27 bits per heavy atom. The van der Waals surface area contributed by atoms with Crippen LogP contribution in [0.5, 0.6) is 0 Å². The van der Waals surface area contributed by atoms with Crippen molar-refractivity contribution >= 4 is 5.97 Å². The number of aliphatic carboxylic acids is 1. The van der Waals surface area contributed by atoms with Gasteiger partial charge < -0.3 is 10.4 Å². The molecule has 0 saturated carbocycles. The zero-order valence-corrected chi connectivity index (χ0v) is 7.00. The molecule has 0 unspecified atom stereocenters. The molecule has 0 aliphatic carbocycles. The maximum absolute atomic E-state index is 10.7. The molecule has 0 aromatic rings. The second kappa shape index (κ2) is 3.22. The molecule has 1 saturated heterocycles. The number of carboxylic acid groups (broad SMARTS) is 1. The monoisotopic (exact) mass is 157 g/mol. The van der Waals surface area contributed by atoms with Gasteiger partial charge in [0.15, 0.2) is 0 Å². The maximum atomic E-state index is 10.7. The fourth-order valence-electron chi connectivity index (χ4n) is 1.71. The molecule has 0 amide bonds. The van der Waals surface area contributed by atoms with E-state index >= 15 is 0 Å². The van der Waals surface area contributed by atoms with Crippen LogP contribution in [0.3, 0.4) is 0 Å². The van der Waals surface area contributed by atoms with Crippen LogP contribution < -0.4 is 5.32 Å². The van der Waals surface area contributed by atoms with Crippen molar-refractivity contribution < 1.29 is 9.90 Å². The second-order valence-corrected chi connectivity index (χ2v) is 3.47. The van der Waals surface area contributed by atoms with Crippen molar-refractivity contribution in [2.24, 2.45) is 11.8 Å². The van der Waals surface area contributed by atoms with Crippen molar-refractivity contribution in [2.75, 3.05) is 6.54 Å². The van der Waals surface area contributed by atoms with Crippen molar-refractivity contribution in [3.63, 3.8) is 0 Å². The van der Waals surface area contributed by atoms with E-state index in [1.807, 2.05) is 0 Å². The van der Waals surface area contributed by atoms with Crippen molar-refractivity contribution in [3.8, 4) is 0 Å². The summed E-state index contributed by atoms with van der Waals surface area (Å²) in [5, 5.41) is 11.8. The number of carbonyl (C=O) groups is 1. The van der Waals surface area contributed by atoms with Gasteiger partial charge in [0.2, 0.25) is 0 Å². The van der Waals surface area contributed by atoms with E-state index in [1.165, 1.54) is 0 Å². The molecular formula is C8H15NO2. The van der Waals surface area contributed by atoms with E-state index in [1.54, 1.807) is 0 Å². The predicted molar refractivity (Wildman–Crippen MR) is 42.4 cm³/mol. The molecule has 0 spiro atoms. The fourth-order valence-corrected chi connectivity index (χ4v) is 1.71. The van der Waals surface area contributed by atoms with E-state index in [0.29, 0.717) is 11.8 Å². The molecule has 64 valence electrons. The topological polar surface area (TPSA) is 49.3 Å². The lowest BCUT2D eigenvalue weighted by atomic mass is 9.89. The van der Waals surface area contributed by atoms with E-state index in [-0.39, 0.29) is 6.04 Å². The highest BCUT2D eigenvalue weighted by atomic mass is 16.4. The molecule has 1 rings (SSSR count). The average Bonchev–Trinajstić information content (AvgIpc) is 2.32. The number of hydrogen-bond acceptors (Lipinski definition) is 2. The first kappa shape index (κ1) is 8.53. The highest BCUT2D eigenvalue weighted by molar-refractivity contribution is 5.74. The van der Waals surface area contributed by atoms with Crippen LogP contribution in [-0.4, -0.2) is 23.7 Å². The largest absolute Gasteiger partial charge is 0.480 e. The molecule has 2 N–H and O–H groups in total. The van der Waals surface area contributed by atoms with Crippen molar-refractivity contribution in [2.45, 2.75) is 26.3 Å². The average molecular weight is 157 g/mol. The number of hydrogen-bond donors (Lipinski definition) is 2. The summed E-state index contributed by atoms with van der Waals surface area (Å²) in [7, 11) is 0.